The van der Waals surface area contributed by atoms with E-state index >= 15 is 0 Å². The first-order valence-electron chi connectivity index (χ1n) is 8.36. The molecule has 1 aromatic carbocycles. The molecule has 0 aliphatic carbocycles. The summed E-state index contributed by atoms with van der Waals surface area (Å²) in [5.41, 5.74) is 0.525. The summed E-state index contributed by atoms with van der Waals surface area (Å²) in [6.45, 7) is 2.01. The van der Waals surface area contributed by atoms with Gasteiger partial charge in [0.05, 0.1) is 18.2 Å². The predicted molar refractivity (Wildman–Crippen MR) is 103 cm³/mol. The molecule has 2 aromatic rings. The van der Waals surface area contributed by atoms with E-state index in [1.54, 1.807) is 12.1 Å². The molecule has 0 saturated carbocycles. The maximum atomic E-state index is 12.6. The first-order chi connectivity index (χ1) is 12.1. The van der Waals surface area contributed by atoms with Crippen molar-refractivity contribution in [2.75, 3.05) is 18.4 Å². The van der Waals surface area contributed by atoms with Crippen LogP contribution in [-0.4, -0.2) is 28.3 Å². The second-order valence-electron chi connectivity index (χ2n) is 6.25. The molecule has 1 saturated heterocycles. The molecule has 0 spiro atoms. The van der Waals surface area contributed by atoms with Crippen LogP contribution in [0.25, 0.3) is 0 Å². The fourth-order valence-electron chi connectivity index (χ4n) is 3.06. The lowest BCUT2D eigenvalue weighted by molar-refractivity contribution is 0.475. The highest BCUT2D eigenvalue weighted by molar-refractivity contribution is 5.85. The Morgan fingerprint density at radius 3 is 2.81 bits per heavy atom. The van der Waals surface area contributed by atoms with Crippen LogP contribution in [0.15, 0.2) is 39.9 Å². The molecule has 7 nitrogen and oxygen atoms in total. The number of benzene rings is 1. The Hall–Kier alpha value is -2.56. The van der Waals surface area contributed by atoms with E-state index < -0.39 is 5.69 Å². The minimum absolute atomic E-state index is 0. The van der Waals surface area contributed by atoms with Crippen molar-refractivity contribution in [2.45, 2.75) is 25.4 Å². The zero-order chi connectivity index (χ0) is 17.8. The number of hydrogen-bond acceptors (Lipinski definition) is 5. The highest BCUT2D eigenvalue weighted by Crippen LogP contribution is 2.14. The van der Waals surface area contributed by atoms with Gasteiger partial charge in [-0.1, -0.05) is 18.2 Å². The summed E-state index contributed by atoms with van der Waals surface area (Å²) in [7, 11) is 1.46. The number of anilines is 1. The van der Waals surface area contributed by atoms with E-state index in [-0.39, 0.29) is 30.6 Å². The Kier molecular flexibility index (Phi) is 6.61. The van der Waals surface area contributed by atoms with Crippen LogP contribution in [0.2, 0.25) is 0 Å². The molecule has 26 heavy (non-hydrogen) atoms. The lowest BCUT2D eigenvalue weighted by Gasteiger charge is -2.26. The van der Waals surface area contributed by atoms with Crippen LogP contribution in [0.5, 0.6) is 0 Å². The van der Waals surface area contributed by atoms with E-state index in [2.05, 4.69) is 16.7 Å². The van der Waals surface area contributed by atoms with E-state index in [0.29, 0.717) is 11.4 Å². The summed E-state index contributed by atoms with van der Waals surface area (Å²) >= 11 is 0. The molecule has 1 aliphatic heterocycles. The van der Waals surface area contributed by atoms with Crippen molar-refractivity contribution < 1.29 is 0 Å². The molecule has 2 heterocycles. The highest BCUT2D eigenvalue weighted by Gasteiger charge is 2.17. The zero-order valence-corrected chi connectivity index (χ0v) is 15.4. The molecule has 1 fully saturated rings. The standard InChI is InChI=1S/C18H21N5O2.ClH/c1-22-17(24)9-16(21-15-7-4-8-20-11-15)23(18(22)25)12-14-6-3-2-5-13(14)10-19;/h2-3,5-6,9,15,20-21H,4,7-8,11-12H2,1H3;1H. The van der Waals surface area contributed by atoms with Gasteiger partial charge >= 0.3 is 5.69 Å². The van der Waals surface area contributed by atoms with Crippen molar-refractivity contribution in [1.29, 1.82) is 5.26 Å². The van der Waals surface area contributed by atoms with Crippen molar-refractivity contribution >= 4 is 18.2 Å². The van der Waals surface area contributed by atoms with Crippen LogP contribution >= 0.6 is 12.4 Å². The van der Waals surface area contributed by atoms with Crippen molar-refractivity contribution in [3.63, 3.8) is 0 Å². The molecule has 1 aliphatic rings. The number of nitrogens with one attached hydrogen (secondary N) is 2. The molecule has 3 rings (SSSR count). The quantitative estimate of drug-likeness (QED) is 0.833. The van der Waals surface area contributed by atoms with Crippen LogP contribution in [0.3, 0.4) is 0 Å². The minimum Gasteiger partial charge on any atom is -0.367 e. The molecule has 138 valence electrons. The van der Waals surface area contributed by atoms with Gasteiger partial charge in [-0.2, -0.15) is 5.26 Å². The Labute approximate surface area is 157 Å². The average Bonchev–Trinajstić information content (AvgIpc) is 2.64. The third-order valence-corrected chi connectivity index (χ3v) is 4.51. The number of halogens is 1. The van der Waals surface area contributed by atoms with Crippen LogP contribution < -0.4 is 21.9 Å². The molecule has 2 N–H and O–H groups in total. The van der Waals surface area contributed by atoms with Gasteiger partial charge < -0.3 is 10.6 Å². The Bertz CT molecular complexity index is 922. The maximum absolute atomic E-state index is 12.6. The third-order valence-electron chi connectivity index (χ3n) is 4.51. The molecule has 8 heteroatoms. The first kappa shape index (κ1) is 19.8. The van der Waals surface area contributed by atoms with Crippen LogP contribution in [0, 0.1) is 11.3 Å². The van der Waals surface area contributed by atoms with E-state index in [9.17, 15) is 14.9 Å². The Balaban J connectivity index is 0.00000243. The number of rotatable bonds is 4. The smallest absolute Gasteiger partial charge is 0.332 e. The molecular weight excluding hydrogens is 354 g/mol. The van der Waals surface area contributed by atoms with Gasteiger partial charge in [-0.05, 0) is 31.0 Å². The van der Waals surface area contributed by atoms with Crippen molar-refractivity contribution in [3.8, 4) is 6.07 Å². The second kappa shape index (κ2) is 8.70. The summed E-state index contributed by atoms with van der Waals surface area (Å²) < 4.78 is 2.60. The van der Waals surface area contributed by atoms with Gasteiger partial charge in [0.1, 0.15) is 5.82 Å². The summed E-state index contributed by atoms with van der Waals surface area (Å²) in [6.07, 6.45) is 2.02. The number of aromatic nitrogens is 2. The molecule has 1 unspecified atom stereocenters. The van der Waals surface area contributed by atoms with Crippen molar-refractivity contribution in [3.05, 3.63) is 62.3 Å². The summed E-state index contributed by atoms with van der Waals surface area (Å²) in [5.74, 6) is 0.495. The summed E-state index contributed by atoms with van der Waals surface area (Å²) in [5, 5.41) is 15.9. The van der Waals surface area contributed by atoms with Gasteiger partial charge in [0, 0.05) is 25.7 Å². The SMILES string of the molecule is Cl.Cn1c(=O)cc(NC2CCCNC2)n(Cc2ccccc2C#N)c1=O. The van der Waals surface area contributed by atoms with Gasteiger partial charge in [-0.15, -0.1) is 12.4 Å². The van der Waals surface area contributed by atoms with Crippen molar-refractivity contribution in [2.24, 2.45) is 7.05 Å². The third kappa shape index (κ3) is 4.15. The van der Waals surface area contributed by atoms with Crippen LogP contribution in [-0.2, 0) is 13.6 Å². The molecular formula is C18H22ClN5O2. The van der Waals surface area contributed by atoms with E-state index in [1.165, 1.54) is 17.7 Å². The lowest BCUT2D eigenvalue weighted by Crippen LogP contribution is -2.43. The second-order valence-corrected chi connectivity index (χ2v) is 6.25. The van der Waals surface area contributed by atoms with Gasteiger partial charge in [0.25, 0.3) is 5.56 Å². The summed E-state index contributed by atoms with van der Waals surface area (Å²) in [6, 6.07) is 10.9. The molecule has 1 aromatic heterocycles. The van der Waals surface area contributed by atoms with E-state index in [0.717, 1.165) is 36.1 Å². The normalized spacial score (nSPS) is 16.4. The van der Waals surface area contributed by atoms with Gasteiger partial charge in [0.15, 0.2) is 0 Å². The first-order valence-corrected chi connectivity index (χ1v) is 8.36. The van der Waals surface area contributed by atoms with Crippen LogP contribution in [0.4, 0.5) is 5.82 Å². The molecule has 0 radical (unpaired) electrons. The molecule has 0 bridgehead atoms. The fourth-order valence-corrected chi connectivity index (χ4v) is 3.06. The topological polar surface area (TPSA) is 91.8 Å². The molecule has 1 atom stereocenters. The number of piperidine rings is 1. The van der Waals surface area contributed by atoms with Crippen LogP contribution in [0.1, 0.15) is 24.0 Å². The van der Waals surface area contributed by atoms with E-state index in [4.69, 9.17) is 0 Å². The monoisotopic (exact) mass is 375 g/mol. The summed E-state index contributed by atoms with van der Waals surface area (Å²) in [4.78, 5) is 24.7. The average molecular weight is 376 g/mol. The number of hydrogen-bond donors (Lipinski definition) is 2. The Morgan fingerprint density at radius 1 is 1.35 bits per heavy atom. The largest absolute Gasteiger partial charge is 0.367 e. The highest BCUT2D eigenvalue weighted by atomic mass is 35.5. The van der Waals surface area contributed by atoms with E-state index in [1.807, 2.05) is 12.1 Å². The zero-order valence-electron chi connectivity index (χ0n) is 14.6. The number of nitrogens with zero attached hydrogens (tertiary/aromatic N) is 3. The Morgan fingerprint density at radius 2 is 2.12 bits per heavy atom. The lowest BCUT2D eigenvalue weighted by atomic mass is 10.1. The van der Waals surface area contributed by atoms with Gasteiger partial charge in [0.2, 0.25) is 0 Å². The minimum atomic E-state index is -0.397. The fraction of sp³-hybridized carbons (Fsp3) is 0.389. The number of nitriles is 1. The van der Waals surface area contributed by atoms with Crippen molar-refractivity contribution in [1.82, 2.24) is 14.5 Å². The molecule has 0 amide bonds. The maximum Gasteiger partial charge on any atom is 0.332 e. The van der Waals surface area contributed by atoms with Gasteiger partial charge in [-0.25, -0.2) is 4.79 Å². The van der Waals surface area contributed by atoms with Gasteiger partial charge in [-0.3, -0.25) is 13.9 Å². The predicted octanol–water partition coefficient (Wildman–Crippen LogP) is 1.05.